The highest BCUT2D eigenvalue weighted by Gasteiger charge is 2.19. The summed E-state index contributed by atoms with van der Waals surface area (Å²) in [6.07, 6.45) is 0. The zero-order valence-corrected chi connectivity index (χ0v) is 30.9. The van der Waals surface area contributed by atoms with Gasteiger partial charge in [-0.3, -0.25) is 0 Å². The summed E-state index contributed by atoms with van der Waals surface area (Å²) in [6, 6.07) is 72.2. The molecule has 9 aromatic carbocycles. The highest BCUT2D eigenvalue weighted by atomic mass is 16.3. The summed E-state index contributed by atoms with van der Waals surface area (Å²) in [5.41, 5.74) is 14.5. The van der Waals surface area contributed by atoms with Crippen LogP contribution < -0.4 is 4.90 Å². The van der Waals surface area contributed by atoms with Crippen molar-refractivity contribution in [3.8, 4) is 27.9 Å². The van der Waals surface area contributed by atoms with E-state index in [4.69, 9.17) is 4.42 Å². The van der Waals surface area contributed by atoms with E-state index in [1.165, 1.54) is 49.3 Å². The maximum atomic E-state index is 6.42. The molecule has 56 heavy (non-hydrogen) atoms. The Kier molecular flexibility index (Phi) is 7.39. The Labute approximate surface area is 324 Å². The number of nitrogens with zero attached hydrogens (tertiary/aromatic N) is 2. The fourth-order valence-corrected chi connectivity index (χ4v) is 8.55. The Morgan fingerprint density at radius 1 is 0.393 bits per heavy atom. The number of para-hydroxylation sites is 2. The van der Waals surface area contributed by atoms with Crippen molar-refractivity contribution in [3.05, 3.63) is 206 Å². The average Bonchev–Trinajstić information content (AvgIpc) is 3.79. The predicted octanol–water partition coefficient (Wildman–Crippen LogP) is 14.9. The molecule has 0 N–H and O–H groups in total. The van der Waals surface area contributed by atoms with Crippen molar-refractivity contribution >= 4 is 71.6 Å². The molecule has 11 rings (SSSR count). The van der Waals surface area contributed by atoms with Gasteiger partial charge in [0.25, 0.3) is 0 Å². The van der Waals surface area contributed by atoms with Crippen molar-refractivity contribution in [2.75, 3.05) is 4.90 Å². The number of rotatable bonds is 6. The molecule has 3 nitrogen and oxygen atoms in total. The van der Waals surface area contributed by atoms with Crippen LogP contribution >= 0.6 is 0 Å². The first kappa shape index (κ1) is 32.1. The molecule has 3 heteroatoms. The SMILES string of the molecule is Cc1ccc2c(N(c3cccc(-c4ccc5c6ccccc6n(-c6ccc(-c7ccccc7)cc6)c5c4)c3)c3ccc4c(c3)oc3ccccc34)cccc2c1. The Bertz CT molecular complexity index is 3260. The molecule has 2 aromatic heterocycles. The Morgan fingerprint density at radius 2 is 1.04 bits per heavy atom. The molecule has 0 aliphatic heterocycles. The van der Waals surface area contributed by atoms with Crippen LogP contribution in [0.15, 0.2) is 205 Å². The fraction of sp³-hybridized carbons (Fsp3) is 0.0189. The molecule has 0 aliphatic carbocycles. The number of furan rings is 1. The minimum absolute atomic E-state index is 0.871. The van der Waals surface area contributed by atoms with Crippen LogP contribution in [0.2, 0.25) is 0 Å². The minimum atomic E-state index is 0.871. The van der Waals surface area contributed by atoms with Gasteiger partial charge in [-0.2, -0.15) is 0 Å². The first-order valence-corrected chi connectivity index (χ1v) is 19.2. The number of benzene rings is 9. The Balaban J connectivity index is 1.07. The summed E-state index contributed by atoms with van der Waals surface area (Å²) >= 11 is 0. The van der Waals surface area contributed by atoms with Crippen molar-refractivity contribution in [3.63, 3.8) is 0 Å². The van der Waals surface area contributed by atoms with Gasteiger partial charge in [0.1, 0.15) is 11.2 Å². The minimum Gasteiger partial charge on any atom is -0.456 e. The zero-order chi connectivity index (χ0) is 37.2. The summed E-state index contributed by atoms with van der Waals surface area (Å²) in [4.78, 5) is 2.37. The second kappa shape index (κ2) is 12.9. The number of hydrogen-bond acceptors (Lipinski definition) is 2. The summed E-state index contributed by atoms with van der Waals surface area (Å²) in [5.74, 6) is 0. The first-order chi connectivity index (χ1) is 27.7. The molecule has 0 aliphatic rings. The van der Waals surface area contributed by atoms with E-state index in [2.05, 4.69) is 204 Å². The topological polar surface area (TPSA) is 21.3 Å². The largest absolute Gasteiger partial charge is 0.456 e. The van der Waals surface area contributed by atoms with Crippen molar-refractivity contribution in [2.45, 2.75) is 6.92 Å². The Hall–Kier alpha value is -7.36. The van der Waals surface area contributed by atoms with Crippen LogP contribution in [0.5, 0.6) is 0 Å². The first-order valence-electron chi connectivity index (χ1n) is 19.2. The summed E-state index contributed by atoms with van der Waals surface area (Å²) in [7, 11) is 0. The molecule has 0 spiro atoms. The van der Waals surface area contributed by atoms with Crippen LogP contribution in [0.4, 0.5) is 17.1 Å². The molecule has 0 amide bonds. The van der Waals surface area contributed by atoms with Crippen LogP contribution in [-0.4, -0.2) is 4.57 Å². The number of aromatic nitrogens is 1. The lowest BCUT2D eigenvalue weighted by Crippen LogP contribution is -2.10. The van der Waals surface area contributed by atoms with E-state index < -0.39 is 0 Å². The van der Waals surface area contributed by atoms with Gasteiger partial charge in [0.15, 0.2) is 0 Å². The van der Waals surface area contributed by atoms with Crippen LogP contribution in [0.3, 0.4) is 0 Å². The van der Waals surface area contributed by atoms with E-state index in [0.717, 1.165) is 55.8 Å². The third-order valence-corrected chi connectivity index (χ3v) is 11.2. The van der Waals surface area contributed by atoms with Gasteiger partial charge in [0.2, 0.25) is 0 Å². The lowest BCUT2D eigenvalue weighted by atomic mass is 10.0. The van der Waals surface area contributed by atoms with Crippen molar-refractivity contribution in [1.82, 2.24) is 4.57 Å². The molecular weight excluding hydrogens is 681 g/mol. The van der Waals surface area contributed by atoms with E-state index >= 15 is 0 Å². The number of aryl methyl sites for hydroxylation is 1. The van der Waals surface area contributed by atoms with E-state index in [1.807, 2.05) is 12.1 Å². The summed E-state index contributed by atoms with van der Waals surface area (Å²) < 4.78 is 8.83. The maximum absolute atomic E-state index is 6.42. The smallest absolute Gasteiger partial charge is 0.137 e. The highest BCUT2D eigenvalue weighted by Crippen LogP contribution is 2.43. The van der Waals surface area contributed by atoms with E-state index in [-0.39, 0.29) is 0 Å². The second-order valence-electron chi connectivity index (χ2n) is 14.7. The molecule has 0 bridgehead atoms. The lowest BCUT2D eigenvalue weighted by Gasteiger charge is -2.27. The van der Waals surface area contributed by atoms with Crippen molar-refractivity contribution in [1.29, 1.82) is 0 Å². The fourth-order valence-electron chi connectivity index (χ4n) is 8.55. The molecule has 0 atom stereocenters. The van der Waals surface area contributed by atoms with E-state index in [1.54, 1.807) is 0 Å². The predicted molar refractivity (Wildman–Crippen MR) is 236 cm³/mol. The van der Waals surface area contributed by atoms with Crippen LogP contribution in [0, 0.1) is 6.92 Å². The average molecular weight is 717 g/mol. The second-order valence-corrected chi connectivity index (χ2v) is 14.7. The van der Waals surface area contributed by atoms with Gasteiger partial charge in [-0.05, 0) is 95.2 Å². The molecular formula is C53H36N2O. The van der Waals surface area contributed by atoms with Crippen molar-refractivity contribution in [2.24, 2.45) is 0 Å². The van der Waals surface area contributed by atoms with Gasteiger partial charge in [0, 0.05) is 50.1 Å². The van der Waals surface area contributed by atoms with Crippen LogP contribution in [0.1, 0.15) is 5.56 Å². The molecule has 2 heterocycles. The number of fused-ring (bicyclic) bond motifs is 7. The van der Waals surface area contributed by atoms with Crippen LogP contribution in [-0.2, 0) is 0 Å². The lowest BCUT2D eigenvalue weighted by molar-refractivity contribution is 0.669. The summed E-state index contributed by atoms with van der Waals surface area (Å²) in [5, 5.41) is 7.13. The molecule has 11 aromatic rings. The molecule has 0 saturated carbocycles. The van der Waals surface area contributed by atoms with Gasteiger partial charge < -0.3 is 13.9 Å². The molecule has 264 valence electrons. The van der Waals surface area contributed by atoms with Gasteiger partial charge in [0.05, 0.1) is 16.7 Å². The number of hydrogen-bond donors (Lipinski definition) is 0. The van der Waals surface area contributed by atoms with Gasteiger partial charge in [-0.25, -0.2) is 0 Å². The zero-order valence-electron chi connectivity index (χ0n) is 30.9. The summed E-state index contributed by atoms with van der Waals surface area (Å²) in [6.45, 7) is 2.15. The maximum Gasteiger partial charge on any atom is 0.137 e. The van der Waals surface area contributed by atoms with Gasteiger partial charge >= 0.3 is 0 Å². The van der Waals surface area contributed by atoms with Crippen LogP contribution in [0.25, 0.3) is 82.5 Å². The molecule has 0 fully saturated rings. The van der Waals surface area contributed by atoms with Gasteiger partial charge in [-0.1, -0.05) is 139 Å². The highest BCUT2D eigenvalue weighted by molar-refractivity contribution is 6.11. The standard InChI is InChI=1S/C53H36N2O/c1-35-21-28-44-40(31-35)14-10-19-49(44)54(43-27-30-48-47-17-6-8-20-52(47)56-53(48)34-43)42-15-9-13-38(32-42)39-24-29-46-45-16-5-7-18-50(45)55(51(46)33-39)41-25-22-37(23-26-41)36-11-3-2-4-12-36/h2-34H,1H3. The third-order valence-electron chi connectivity index (χ3n) is 11.2. The Morgan fingerprint density at radius 3 is 1.93 bits per heavy atom. The monoisotopic (exact) mass is 716 g/mol. The van der Waals surface area contributed by atoms with E-state index in [9.17, 15) is 0 Å². The number of anilines is 3. The molecule has 0 saturated heterocycles. The quantitative estimate of drug-likeness (QED) is 0.171. The normalized spacial score (nSPS) is 11.7. The molecule has 0 unspecified atom stereocenters. The van der Waals surface area contributed by atoms with Crippen molar-refractivity contribution < 1.29 is 4.42 Å². The van der Waals surface area contributed by atoms with E-state index in [0.29, 0.717) is 0 Å². The van der Waals surface area contributed by atoms with Gasteiger partial charge in [-0.15, -0.1) is 0 Å². The third kappa shape index (κ3) is 5.28. The molecule has 0 radical (unpaired) electrons.